The first-order chi connectivity index (χ1) is 12.9. The molecule has 3 aromatic rings. The van der Waals surface area contributed by atoms with Crippen molar-refractivity contribution in [1.82, 2.24) is 20.3 Å². The highest BCUT2D eigenvalue weighted by Gasteiger charge is 2.19. The number of aromatic nitrogens is 3. The van der Waals surface area contributed by atoms with Gasteiger partial charge in [0.25, 0.3) is 5.91 Å². The Bertz CT molecular complexity index is 1010. The zero-order valence-electron chi connectivity index (χ0n) is 14.5. The SMILES string of the molecule is COc1ccc(Cl)cc1-n1nnc(C(=O)NCc2ccc(F)cc2Cl)c1C. The number of nitrogens with zero attached hydrogens (tertiary/aromatic N) is 3. The molecule has 0 atom stereocenters. The van der Waals surface area contributed by atoms with E-state index < -0.39 is 11.7 Å². The molecule has 0 radical (unpaired) electrons. The summed E-state index contributed by atoms with van der Waals surface area (Å²) in [5, 5.41) is 11.4. The lowest BCUT2D eigenvalue weighted by Crippen LogP contribution is -2.24. The molecule has 0 bridgehead atoms. The van der Waals surface area contributed by atoms with Crippen molar-refractivity contribution in [2.75, 3.05) is 7.11 Å². The Labute approximate surface area is 164 Å². The van der Waals surface area contributed by atoms with Crippen molar-refractivity contribution < 1.29 is 13.9 Å². The van der Waals surface area contributed by atoms with Crippen LogP contribution in [0.1, 0.15) is 21.7 Å². The summed E-state index contributed by atoms with van der Waals surface area (Å²) in [5.41, 5.74) is 1.82. The quantitative estimate of drug-likeness (QED) is 0.693. The molecular weight excluding hydrogens is 394 g/mol. The summed E-state index contributed by atoms with van der Waals surface area (Å²) in [6.07, 6.45) is 0. The molecule has 1 aromatic heterocycles. The van der Waals surface area contributed by atoms with Crippen LogP contribution in [0.3, 0.4) is 0 Å². The molecule has 0 aliphatic heterocycles. The van der Waals surface area contributed by atoms with E-state index in [4.69, 9.17) is 27.9 Å². The summed E-state index contributed by atoms with van der Waals surface area (Å²) >= 11 is 12.0. The zero-order chi connectivity index (χ0) is 19.6. The maximum absolute atomic E-state index is 13.1. The zero-order valence-corrected chi connectivity index (χ0v) is 16.0. The Morgan fingerprint density at radius 2 is 2.04 bits per heavy atom. The lowest BCUT2D eigenvalue weighted by atomic mass is 10.2. The number of carbonyl (C=O) groups excluding carboxylic acids is 1. The Balaban J connectivity index is 1.82. The van der Waals surface area contributed by atoms with Gasteiger partial charge < -0.3 is 10.1 Å². The third kappa shape index (κ3) is 4.04. The predicted octanol–water partition coefficient (Wildman–Crippen LogP) is 3.96. The number of rotatable bonds is 5. The number of nitrogens with one attached hydrogen (secondary N) is 1. The summed E-state index contributed by atoms with van der Waals surface area (Å²) in [6.45, 7) is 1.84. The third-order valence-electron chi connectivity index (χ3n) is 3.93. The van der Waals surface area contributed by atoms with Gasteiger partial charge in [0, 0.05) is 16.6 Å². The summed E-state index contributed by atoms with van der Waals surface area (Å²) in [5.74, 6) is -0.332. The normalized spacial score (nSPS) is 10.7. The molecule has 2 aromatic carbocycles. The minimum absolute atomic E-state index is 0.130. The van der Waals surface area contributed by atoms with Crippen molar-refractivity contribution in [2.45, 2.75) is 13.5 Å². The first-order valence-corrected chi connectivity index (χ1v) is 8.64. The van der Waals surface area contributed by atoms with Crippen molar-refractivity contribution >= 4 is 29.1 Å². The van der Waals surface area contributed by atoms with E-state index in [1.54, 1.807) is 25.1 Å². The number of amides is 1. The van der Waals surface area contributed by atoms with Crippen LogP contribution in [0.2, 0.25) is 10.0 Å². The highest BCUT2D eigenvalue weighted by atomic mass is 35.5. The molecule has 0 aliphatic rings. The molecule has 6 nitrogen and oxygen atoms in total. The van der Waals surface area contributed by atoms with Gasteiger partial charge in [-0.25, -0.2) is 9.07 Å². The number of halogens is 3. The van der Waals surface area contributed by atoms with Gasteiger partial charge in [-0.2, -0.15) is 0 Å². The van der Waals surface area contributed by atoms with Crippen molar-refractivity contribution in [3.8, 4) is 11.4 Å². The molecule has 0 saturated carbocycles. The molecule has 27 heavy (non-hydrogen) atoms. The fourth-order valence-electron chi connectivity index (χ4n) is 2.52. The van der Waals surface area contributed by atoms with Crippen LogP contribution >= 0.6 is 23.2 Å². The largest absolute Gasteiger partial charge is 0.494 e. The van der Waals surface area contributed by atoms with Crippen LogP contribution in [0.4, 0.5) is 4.39 Å². The highest BCUT2D eigenvalue weighted by Crippen LogP contribution is 2.27. The van der Waals surface area contributed by atoms with Gasteiger partial charge in [0.1, 0.15) is 17.3 Å². The van der Waals surface area contributed by atoms with Crippen LogP contribution < -0.4 is 10.1 Å². The van der Waals surface area contributed by atoms with Crippen LogP contribution in [-0.4, -0.2) is 28.0 Å². The molecule has 9 heteroatoms. The maximum atomic E-state index is 13.1. The van der Waals surface area contributed by atoms with Crippen molar-refractivity contribution in [3.63, 3.8) is 0 Å². The monoisotopic (exact) mass is 408 g/mol. The molecule has 1 amide bonds. The van der Waals surface area contributed by atoms with E-state index in [2.05, 4.69) is 15.6 Å². The Hall–Kier alpha value is -2.64. The van der Waals surface area contributed by atoms with Crippen LogP contribution in [-0.2, 0) is 6.54 Å². The number of carbonyl (C=O) groups is 1. The van der Waals surface area contributed by atoms with Crippen LogP contribution in [0.25, 0.3) is 5.69 Å². The van der Waals surface area contributed by atoms with Gasteiger partial charge in [-0.15, -0.1) is 5.10 Å². The second-order valence-corrected chi connectivity index (χ2v) is 6.51. The molecule has 0 saturated heterocycles. The number of methoxy groups -OCH3 is 1. The van der Waals surface area contributed by atoms with Crippen LogP contribution in [0.5, 0.6) is 5.75 Å². The van der Waals surface area contributed by atoms with Crippen molar-refractivity contribution in [1.29, 1.82) is 0 Å². The molecule has 1 heterocycles. The van der Waals surface area contributed by atoms with Crippen molar-refractivity contribution in [2.24, 2.45) is 0 Å². The average molecular weight is 409 g/mol. The van der Waals surface area contributed by atoms with Crippen molar-refractivity contribution in [3.05, 3.63) is 69.2 Å². The number of hydrogen-bond acceptors (Lipinski definition) is 4. The summed E-state index contributed by atoms with van der Waals surface area (Å²) in [7, 11) is 1.53. The van der Waals surface area contributed by atoms with E-state index >= 15 is 0 Å². The number of benzene rings is 2. The maximum Gasteiger partial charge on any atom is 0.274 e. The standard InChI is InChI=1S/C18H15Cl2FN4O2/c1-10-17(18(26)22-9-11-3-5-13(21)8-14(11)20)23-24-25(10)15-7-12(19)4-6-16(15)27-2/h3-8H,9H2,1-2H3,(H,22,26). The van der Waals surface area contributed by atoms with Gasteiger partial charge >= 0.3 is 0 Å². The molecule has 1 N–H and O–H groups in total. The summed E-state index contributed by atoms with van der Waals surface area (Å²) in [6, 6.07) is 9.04. The molecule has 0 unspecified atom stereocenters. The third-order valence-corrected chi connectivity index (χ3v) is 4.52. The minimum Gasteiger partial charge on any atom is -0.494 e. The van der Waals surface area contributed by atoms with E-state index in [1.165, 1.54) is 30.0 Å². The average Bonchev–Trinajstić information content (AvgIpc) is 3.02. The van der Waals surface area contributed by atoms with Gasteiger partial charge in [0.05, 0.1) is 12.8 Å². The summed E-state index contributed by atoms with van der Waals surface area (Å²) in [4.78, 5) is 12.5. The van der Waals surface area contributed by atoms with Gasteiger partial charge in [0.15, 0.2) is 5.69 Å². The molecule has 0 fully saturated rings. The Kier molecular flexibility index (Phi) is 5.62. The lowest BCUT2D eigenvalue weighted by Gasteiger charge is -2.10. The van der Waals surface area contributed by atoms with E-state index in [9.17, 15) is 9.18 Å². The highest BCUT2D eigenvalue weighted by molar-refractivity contribution is 6.31. The van der Waals surface area contributed by atoms with Gasteiger partial charge in [-0.1, -0.05) is 34.5 Å². The number of ether oxygens (including phenoxy) is 1. The molecule has 3 rings (SSSR count). The smallest absolute Gasteiger partial charge is 0.274 e. The van der Waals surface area contributed by atoms with Gasteiger partial charge in [0.2, 0.25) is 0 Å². The summed E-state index contributed by atoms with van der Waals surface area (Å²) < 4.78 is 19.9. The van der Waals surface area contributed by atoms with Gasteiger partial charge in [-0.05, 0) is 42.8 Å². The molecule has 0 aliphatic carbocycles. The minimum atomic E-state index is -0.440. The topological polar surface area (TPSA) is 69.0 Å². The molecule has 140 valence electrons. The lowest BCUT2D eigenvalue weighted by molar-refractivity contribution is 0.0945. The number of hydrogen-bond donors (Lipinski definition) is 1. The second kappa shape index (κ2) is 7.94. The predicted molar refractivity (Wildman–Crippen MR) is 100 cm³/mol. The molecule has 0 spiro atoms. The molecular formula is C18H15Cl2FN4O2. The second-order valence-electron chi connectivity index (χ2n) is 5.67. The van der Waals surface area contributed by atoms with Gasteiger partial charge in [-0.3, -0.25) is 4.79 Å². The Morgan fingerprint density at radius 1 is 1.26 bits per heavy atom. The first kappa shape index (κ1) is 19.1. The Morgan fingerprint density at radius 3 is 2.74 bits per heavy atom. The first-order valence-electron chi connectivity index (χ1n) is 7.89. The van der Waals surface area contributed by atoms with E-state index in [-0.39, 0.29) is 17.3 Å². The van der Waals surface area contributed by atoms with Crippen LogP contribution in [0, 0.1) is 12.7 Å². The van der Waals surface area contributed by atoms with Crippen LogP contribution in [0.15, 0.2) is 36.4 Å². The fourth-order valence-corrected chi connectivity index (χ4v) is 2.92. The van der Waals surface area contributed by atoms with E-state index in [0.29, 0.717) is 27.7 Å². The fraction of sp³-hybridized carbons (Fsp3) is 0.167. The van der Waals surface area contributed by atoms with E-state index in [1.807, 2.05) is 0 Å². The van der Waals surface area contributed by atoms with E-state index in [0.717, 1.165) is 0 Å².